The Morgan fingerprint density at radius 3 is 2.58 bits per heavy atom. The van der Waals surface area contributed by atoms with Crippen LogP contribution >= 0.6 is 0 Å². The number of anilines is 1. The number of ether oxygens (including phenoxy) is 2. The minimum absolute atomic E-state index is 0.103. The molecule has 4 rings (SSSR count). The second kappa shape index (κ2) is 8.41. The van der Waals surface area contributed by atoms with Crippen LogP contribution in [0.5, 0.6) is 5.88 Å². The number of nitrogens with one attached hydrogen (secondary N) is 1. The van der Waals surface area contributed by atoms with Gasteiger partial charge in [-0.1, -0.05) is 0 Å². The summed E-state index contributed by atoms with van der Waals surface area (Å²) < 4.78 is 49.2. The van der Waals surface area contributed by atoms with Gasteiger partial charge in [0.25, 0.3) is 5.91 Å². The predicted octanol–water partition coefficient (Wildman–Crippen LogP) is 3.34. The SMILES string of the molecule is COc1ncc(-c2cc(NC(=O)c3cc(C(F)(F)F)ccn3)cnc2C)cc1C1(O)COC1. The fraction of sp³-hybridized carbons (Fsp3) is 0.273. The maximum Gasteiger partial charge on any atom is 0.416 e. The molecule has 1 aliphatic heterocycles. The van der Waals surface area contributed by atoms with Crippen LogP contribution in [0.15, 0.2) is 42.9 Å². The molecule has 3 aromatic rings. The zero-order valence-electron chi connectivity index (χ0n) is 17.6. The largest absolute Gasteiger partial charge is 0.481 e. The van der Waals surface area contributed by atoms with Gasteiger partial charge >= 0.3 is 6.18 Å². The van der Waals surface area contributed by atoms with Gasteiger partial charge in [0.2, 0.25) is 5.88 Å². The Hall–Kier alpha value is -3.57. The van der Waals surface area contributed by atoms with E-state index in [2.05, 4.69) is 20.3 Å². The predicted molar refractivity (Wildman–Crippen MR) is 111 cm³/mol. The van der Waals surface area contributed by atoms with E-state index in [-0.39, 0.29) is 30.5 Å². The maximum atomic E-state index is 12.9. The highest BCUT2D eigenvalue weighted by molar-refractivity contribution is 6.03. The van der Waals surface area contributed by atoms with Gasteiger partial charge in [0, 0.05) is 29.2 Å². The third-order valence-corrected chi connectivity index (χ3v) is 5.20. The van der Waals surface area contributed by atoms with E-state index in [1.165, 1.54) is 19.5 Å². The minimum Gasteiger partial charge on any atom is -0.481 e. The molecule has 0 spiro atoms. The second-order valence-corrected chi connectivity index (χ2v) is 7.54. The highest BCUT2D eigenvalue weighted by Gasteiger charge is 2.41. The quantitative estimate of drug-likeness (QED) is 0.602. The standard InChI is InChI=1S/C22H19F3N4O4/c1-12-16(13-5-17(20(32-2)28-8-13)21(31)10-33-11-21)7-15(9-27-12)29-19(30)18-6-14(3-4-26-18)22(23,24)25/h3-9,31H,10-11H2,1-2H3,(H,29,30). The van der Waals surface area contributed by atoms with Crippen molar-refractivity contribution in [3.63, 3.8) is 0 Å². The number of aliphatic hydroxyl groups is 1. The lowest BCUT2D eigenvalue weighted by molar-refractivity contribution is -0.185. The summed E-state index contributed by atoms with van der Waals surface area (Å²) in [6, 6.07) is 4.79. The zero-order valence-corrected chi connectivity index (χ0v) is 17.6. The number of carbonyl (C=O) groups is 1. The van der Waals surface area contributed by atoms with Crippen molar-refractivity contribution < 1.29 is 32.5 Å². The summed E-state index contributed by atoms with van der Waals surface area (Å²) in [6.07, 6.45) is -0.744. The molecule has 0 radical (unpaired) electrons. The minimum atomic E-state index is -4.59. The molecule has 172 valence electrons. The van der Waals surface area contributed by atoms with Gasteiger partial charge in [0.15, 0.2) is 0 Å². The summed E-state index contributed by atoms with van der Waals surface area (Å²) in [4.78, 5) is 24.8. The number of methoxy groups -OCH3 is 1. The average molecular weight is 460 g/mol. The zero-order chi connectivity index (χ0) is 23.8. The van der Waals surface area contributed by atoms with Crippen LogP contribution in [0, 0.1) is 6.92 Å². The lowest BCUT2D eigenvalue weighted by atomic mass is 9.90. The third kappa shape index (κ3) is 4.50. The number of aromatic nitrogens is 3. The van der Waals surface area contributed by atoms with Crippen molar-refractivity contribution >= 4 is 11.6 Å². The van der Waals surface area contributed by atoms with Crippen LogP contribution in [0.4, 0.5) is 18.9 Å². The molecule has 1 saturated heterocycles. The van der Waals surface area contributed by atoms with Gasteiger partial charge in [-0.25, -0.2) is 4.98 Å². The lowest BCUT2D eigenvalue weighted by Gasteiger charge is -2.37. The van der Waals surface area contributed by atoms with Gasteiger partial charge in [-0.2, -0.15) is 13.2 Å². The molecule has 1 fully saturated rings. The molecule has 33 heavy (non-hydrogen) atoms. The van der Waals surface area contributed by atoms with E-state index in [0.717, 1.165) is 12.3 Å². The number of alkyl halides is 3. The first-order chi connectivity index (χ1) is 15.6. The molecular formula is C22H19F3N4O4. The van der Waals surface area contributed by atoms with Gasteiger partial charge < -0.3 is 19.9 Å². The summed E-state index contributed by atoms with van der Waals surface area (Å²) in [6.45, 7) is 1.96. The van der Waals surface area contributed by atoms with Crippen molar-refractivity contribution in [2.24, 2.45) is 0 Å². The molecule has 1 amide bonds. The fourth-order valence-electron chi connectivity index (χ4n) is 3.37. The van der Waals surface area contributed by atoms with Crippen LogP contribution in [0.2, 0.25) is 0 Å². The molecule has 8 nitrogen and oxygen atoms in total. The van der Waals surface area contributed by atoms with Gasteiger partial charge in [0.1, 0.15) is 11.3 Å². The Morgan fingerprint density at radius 2 is 1.94 bits per heavy atom. The highest BCUT2D eigenvalue weighted by Crippen LogP contribution is 2.37. The topological polar surface area (TPSA) is 106 Å². The van der Waals surface area contributed by atoms with E-state index < -0.39 is 23.2 Å². The number of amides is 1. The Labute approximate surface area is 186 Å². The molecular weight excluding hydrogens is 441 g/mol. The van der Waals surface area contributed by atoms with Crippen molar-refractivity contribution in [2.45, 2.75) is 18.7 Å². The van der Waals surface area contributed by atoms with Gasteiger partial charge in [-0.05, 0) is 31.2 Å². The van der Waals surface area contributed by atoms with Crippen molar-refractivity contribution in [3.05, 3.63) is 65.4 Å². The van der Waals surface area contributed by atoms with E-state index in [9.17, 15) is 23.1 Å². The van der Waals surface area contributed by atoms with E-state index in [1.807, 2.05) is 0 Å². The molecule has 0 unspecified atom stereocenters. The van der Waals surface area contributed by atoms with Crippen molar-refractivity contribution in [2.75, 3.05) is 25.6 Å². The van der Waals surface area contributed by atoms with Gasteiger partial charge in [-0.3, -0.25) is 14.8 Å². The van der Waals surface area contributed by atoms with Crippen molar-refractivity contribution in [1.82, 2.24) is 15.0 Å². The number of pyridine rings is 3. The van der Waals surface area contributed by atoms with Crippen LogP contribution in [0.1, 0.15) is 27.3 Å². The number of aryl methyl sites for hydroxylation is 1. The first kappa shape index (κ1) is 22.6. The lowest BCUT2D eigenvalue weighted by Crippen LogP contribution is -2.46. The van der Waals surface area contributed by atoms with E-state index in [1.54, 1.807) is 19.1 Å². The Morgan fingerprint density at radius 1 is 1.18 bits per heavy atom. The van der Waals surface area contributed by atoms with E-state index in [4.69, 9.17) is 9.47 Å². The number of carbonyl (C=O) groups excluding carboxylic acids is 1. The molecule has 11 heteroatoms. The number of hydrogen-bond donors (Lipinski definition) is 2. The number of halogens is 3. The average Bonchev–Trinajstić information content (AvgIpc) is 2.78. The molecule has 1 aliphatic rings. The normalized spacial score (nSPS) is 15.0. The molecule has 0 saturated carbocycles. The summed E-state index contributed by atoms with van der Waals surface area (Å²) in [7, 11) is 1.44. The molecule has 4 heterocycles. The van der Waals surface area contributed by atoms with Crippen LogP contribution in [0.25, 0.3) is 11.1 Å². The smallest absolute Gasteiger partial charge is 0.416 e. The van der Waals surface area contributed by atoms with Crippen LogP contribution < -0.4 is 10.1 Å². The van der Waals surface area contributed by atoms with E-state index >= 15 is 0 Å². The summed E-state index contributed by atoms with van der Waals surface area (Å²) >= 11 is 0. The Balaban J connectivity index is 1.64. The van der Waals surface area contributed by atoms with Gasteiger partial charge in [-0.15, -0.1) is 0 Å². The molecule has 0 aliphatic carbocycles. The van der Waals surface area contributed by atoms with Crippen LogP contribution in [-0.2, 0) is 16.5 Å². The molecule has 0 bridgehead atoms. The Bertz CT molecular complexity index is 1210. The van der Waals surface area contributed by atoms with E-state index in [0.29, 0.717) is 28.5 Å². The molecule has 0 atom stereocenters. The summed E-state index contributed by atoms with van der Waals surface area (Å²) in [5, 5.41) is 13.2. The first-order valence-electron chi connectivity index (χ1n) is 9.77. The number of nitrogens with zero attached hydrogens (tertiary/aromatic N) is 3. The van der Waals surface area contributed by atoms with Gasteiger partial charge in [0.05, 0.1) is 43.3 Å². The summed E-state index contributed by atoms with van der Waals surface area (Å²) in [5.74, 6) is -0.553. The highest BCUT2D eigenvalue weighted by atomic mass is 19.4. The monoisotopic (exact) mass is 460 g/mol. The molecule has 2 N–H and O–H groups in total. The van der Waals surface area contributed by atoms with Crippen molar-refractivity contribution in [1.29, 1.82) is 0 Å². The Kier molecular flexibility index (Phi) is 5.76. The molecule has 3 aromatic heterocycles. The van der Waals surface area contributed by atoms with Crippen LogP contribution in [0.3, 0.4) is 0 Å². The van der Waals surface area contributed by atoms with Crippen molar-refractivity contribution in [3.8, 4) is 17.0 Å². The maximum absolute atomic E-state index is 12.9. The van der Waals surface area contributed by atoms with Crippen LogP contribution in [-0.4, -0.2) is 46.3 Å². The first-order valence-corrected chi connectivity index (χ1v) is 9.77. The number of hydrogen-bond acceptors (Lipinski definition) is 7. The fourth-order valence-corrected chi connectivity index (χ4v) is 3.37. The second-order valence-electron chi connectivity index (χ2n) is 7.54. The number of rotatable bonds is 5. The third-order valence-electron chi connectivity index (χ3n) is 5.20. The summed E-state index contributed by atoms with van der Waals surface area (Å²) in [5.41, 5.74) is -0.0582. The molecule has 0 aromatic carbocycles.